The maximum Gasteiger partial charge on any atom is 0.219 e. The molecule has 3 heterocycles. The molecular weight excluding hydrogens is 366 g/mol. The third-order valence-corrected chi connectivity index (χ3v) is 6.02. The van der Waals surface area contributed by atoms with Crippen LogP contribution < -0.4 is 10.2 Å². The smallest absolute Gasteiger partial charge is 0.219 e. The van der Waals surface area contributed by atoms with Gasteiger partial charge in [0.25, 0.3) is 0 Å². The van der Waals surface area contributed by atoms with E-state index >= 15 is 0 Å². The number of nitrogens with one attached hydrogen (secondary N) is 1. The third kappa shape index (κ3) is 5.40. The van der Waals surface area contributed by atoms with Gasteiger partial charge in [-0.05, 0) is 36.0 Å². The lowest BCUT2D eigenvalue weighted by Crippen LogP contribution is -2.48. The lowest BCUT2D eigenvalue weighted by atomic mass is 9.87. The maximum atomic E-state index is 11.6. The molecule has 7 heteroatoms. The lowest BCUT2D eigenvalue weighted by molar-refractivity contribution is -0.130. The van der Waals surface area contributed by atoms with E-state index in [9.17, 15) is 9.59 Å². The highest BCUT2D eigenvalue weighted by Gasteiger charge is 2.25. The van der Waals surface area contributed by atoms with Gasteiger partial charge in [-0.1, -0.05) is 20.8 Å². The highest BCUT2D eigenvalue weighted by Crippen LogP contribution is 2.29. The van der Waals surface area contributed by atoms with Gasteiger partial charge in [-0.2, -0.15) is 0 Å². The molecule has 1 aromatic heterocycles. The summed E-state index contributed by atoms with van der Waals surface area (Å²) < 4.78 is 0. The van der Waals surface area contributed by atoms with Crippen molar-refractivity contribution >= 4 is 23.5 Å². The summed E-state index contributed by atoms with van der Waals surface area (Å²) in [7, 11) is 0. The van der Waals surface area contributed by atoms with E-state index in [0.717, 1.165) is 63.7 Å². The molecule has 0 saturated carbocycles. The zero-order chi connectivity index (χ0) is 21.2. The highest BCUT2D eigenvalue weighted by molar-refractivity contribution is 5.74. The van der Waals surface area contributed by atoms with Crippen molar-refractivity contribution < 1.29 is 9.59 Å². The van der Waals surface area contributed by atoms with Crippen molar-refractivity contribution in [2.45, 2.75) is 58.9 Å². The van der Waals surface area contributed by atoms with Crippen LogP contribution in [0.5, 0.6) is 0 Å². The van der Waals surface area contributed by atoms with E-state index in [2.05, 4.69) is 43.1 Å². The Labute approximate surface area is 174 Å². The van der Waals surface area contributed by atoms with Gasteiger partial charge in [0.1, 0.15) is 11.6 Å². The van der Waals surface area contributed by atoms with E-state index in [1.807, 2.05) is 9.80 Å². The summed E-state index contributed by atoms with van der Waals surface area (Å²) in [5.74, 6) is 2.18. The molecule has 0 atom stereocenters. The van der Waals surface area contributed by atoms with Crippen LogP contribution in [0.2, 0.25) is 0 Å². The number of piperazine rings is 1. The van der Waals surface area contributed by atoms with Crippen molar-refractivity contribution in [1.29, 1.82) is 0 Å². The number of aromatic nitrogens is 1. The van der Waals surface area contributed by atoms with Crippen molar-refractivity contribution in [2.24, 2.45) is 0 Å². The molecule has 1 N–H and O–H groups in total. The van der Waals surface area contributed by atoms with Crippen LogP contribution in [0.1, 0.15) is 53.0 Å². The number of hydrogen-bond donors (Lipinski definition) is 1. The summed E-state index contributed by atoms with van der Waals surface area (Å²) >= 11 is 0. The van der Waals surface area contributed by atoms with E-state index in [1.165, 1.54) is 5.56 Å². The van der Waals surface area contributed by atoms with E-state index in [1.54, 1.807) is 13.8 Å². The van der Waals surface area contributed by atoms with E-state index in [0.29, 0.717) is 6.04 Å². The summed E-state index contributed by atoms with van der Waals surface area (Å²) in [4.78, 5) is 34.2. The fourth-order valence-corrected chi connectivity index (χ4v) is 3.98. The molecule has 160 valence electrons. The summed E-state index contributed by atoms with van der Waals surface area (Å²) in [6.45, 7) is 14.6. The summed E-state index contributed by atoms with van der Waals surface area (Å²) in [6.07, 6.45) is 1.88. The van der Waals surface area contributed by atoms with Crippen LogP contribution in [0.25, 0.3) is 0 Å². The molecule has 2 aliphatic heterocycles. The number of hydrogen-bond acceptors (Lipinski definition) is 5. The van der Waals surface area contributed by atoms with Crippen molar-refractivity contribution in [3.05, 3.63) is 17.7 Å². The predicted octanol–water partition coefficient (Wildman–Crippen LogP) is 2.47. The largest absolute Gasteiger partial charge is 0.367 e. The second-order valence-corrected chi connectivity index (χ2v) is 9.27. The van der Waals surface area contributed by atoms with Gasteiger partial charge in [0.15, 0.2) is 0 Å². The number of amides is 2. The summed E-state index contributed by atoms with van der Waals surface area (Å²) in [5.41, 5.74) is 1.27. The Balaban J connectivity index is 1.75. The number of anilines is 2. The fourth-order valence-electron chi connectivity index (χ4n) is 3.98. The first-order valence-corrected chi connectivity index (χ1v) is 10.7. The number of carbonyl (C=O) groups is 2. The standard InChI is InChI=1S/C22H35N5O2/c1-16(28)25-8-6-19(7-9-25)23-20-14-18(22(3,4)5)15-21(24-20)27-12-10-26(11-13-27)17(2)29/h14-15,19H,6-13H2,1-5H3,(H,23,24). The van der Waals surface area contributed by atoms with E-state index in [4.69, 9.17) is 4.98 Å². The van der Waals surface area contributed by atoms with Crippen LogP contribution in [0.15, 0.2) is 12.1 Å². The van der Waals surface area contributed by atoms with Crippen LogP contribution in [0, 0.1) is 0 Å². The predicted molar refractivity (Wildman–Crippen MR) is 116 cm³/mol. The van der Waals surface area contributed by atoms with E-state index in [-0.39, 0.29) is 17.2 Å². The maximum absolute atomic E-state index is 11.6. The second kappa shape index (κ2) is 8.59. The molecule has 3 rings (SSSR count). The van der Waals surface area contributed by atoms with Gasteiger partial charge in [0.2, 0.25) is 11.8 Å². The fraction of sp³-hybridized carbons (Fsp3) is 0.682. The van der Waals surface area contributed by atoms with Crippen molar-refractivity contribution in [3.8, 4) is 0 Å². The minimum Gasteiger partial charge on any atom is -0.367 e. The zero-order valence-electron chi connectivity index (χ0n) is 18.5. The van der Waals surface area contributed by atoms with E-state index < -0.39 is 0 Å². The molecule has 0 unspecified atom stereocenters. The second-order valence-electron chi connectivity index (χ2n) is 9.27. The molecular formula is C22H35N5O2. The molecule has 29 heavy (non-hydrogen) atoms. The van der Waals surface area contributed by atoms with Gasteiger partial charge in [0.05, 0.1) is 0 Å². The van der Waals surface area contributed by atoms with Gasteiger partial charge in [-0.3, -0.25) is 9.59 Å². The zero-order valence-corrected chi connectivity index (χ0v) is 18.5. The van der Waals surface area contributed by atoms with Gasteiger partial charge < -0.3 is 20.0 Å². The van der Waals surface area contributed by atoms with Crippen LogP contribution in [0.4, 0.5) is 11.6 Å². The average Bonchev–Trinajstić information content (AvgIpc) is 2.67. The number of likely N-dealkylation sites (tertiary alicyclic amines) is 1. The topological polar surface area (TPSA) is 68.8 Å². The minimum atomic E-state index is 0.0212. The first-order valence-electron chi connectivity index (χ1n) is 10.7. The number of nitrogens with zero attached hydrogens (tertiary/aromatic N) is 4. The van der Waals surface area contributed by atoms with Crippen molar-refractivity contribution in [2.75, 3.05) is 49.5 Å². The molecule has 1 aromatic rings. The Morgan fingerprint density at radius 3 is 2.00 bits per heavy atom. The van der Waals surface area contributed by atoms with Crippen LogP contribution in [-0.4, -0.2) is 71.9 Å². The average molecular weight is 402 g/mol. The summed E-state index contributed by atoms with van der Waals surface area (Å²) in [6, 6.07) is 4.68. The Hall–Kier alpha value is -2.31. The van der Waals surface area contributed by atoms with Crippen molar-refractivity contribution in [3.63, 3.8) is 0 Å². The molecule has 7 nitrogen and oxygen atoms in total. The Bertz CT molecular complexity index is 742. The highest BCUT2D eigenvalue weighted by atomic mass is 16.2. The minimum absolute atomic E-state index is 0.0212. The van der Waals surface area contributed by atoms with Crippen LogP contribution in [-0.2, 0) is 15.0 Å². The quantitative estimate of drug-likeness (QED) is 0.843. The number of piperidine rings is 1. The number of carbonyl (C=O) groups excluding carboxylic acids is 2. The van der Waals surface area contributed by atoms with Gasteiger partial charge >= 0.3 is 0 Å². The monoisotopic (exact) mass is 401 g/mol. The van der Waals surface area contributed by atoms with Crippen LogP contribution in [0.3, 0.4) is 0 Å². The molecule has 0 radical (unpaired) electrons. The normalized spacial score (nSPS) is 18.7. The Kier molecular flexibility index (Phi) is 6.34. The van der Waals surface area contributed by atoms with Crippen molar-refractivity contribution in [1.82, 2.24) is 14.8 Å². The van der Waals surface area contributed by atoms with Crippen LogP contribution >= 0.6 is 0 Å². The molecule has 0 aromatic carbocycles. The number of pyridine rings is 1. The molecule has 0 spiro atoms. The molecule has 2 amide bonds. The molecule has 0 aliphatic carbocycles. The lowest BCUT2D eigenvalue weighted by Gasteiger charge is -2.36. The first-order chi connectivity index (χ1) is 13.6. The third-order valence-electron chi connectivity index (χ3n) is 6.02. The molecule has 2 saturated heterocycles. The number of rotatable bonds is 3. The Morgan fingerprint density at radius 2 is 1.48 bits per heavy atom. The Morgan fingerprint density at radius 1 is 0.931 bits per heavy atom. The van der Waals surface area contributed by atoms with Gasteiger partial charge in [0, 0.05) is 59.2 Å². The SMILES string of the molecule is CC(=O)N1CCC(Nc2cc(C(C)(C)C)cc(N3CCN(C(C)=O)CC3)n2)CC1. The first kappa shape index (κ1) is 21.4. The summed E-state index contributed by atoms with van der Waals surface area (Å²) in [5, 5.41) is 3.62. The molecule has 2 aliphatic rings. The molecule has 2 fully saturated rings. The van der Waals surface area contributed by atoms with Gasteiger partial charge in [-0.15, -0.1) is 0 Å². The molecule has 0 bridgehead atoms. The van der Waals surface area contributed by atoms with Gasteiger partial charge in [-0.25, -0.2) is 4.98 Å².